The molecule has 0 aliphatic rings. The number of quaternary nitrogens is 1. The summed E-state index contributed by atoms with van der Waals surface area (Å²) in [5, 5.41) is 9.66. The van der Waals surface area contributed by atoms with E-state index in [2.05, 4.69) is 26.0 Å². The van der Waals surface area contributed by atoms with E-state index in [-0.39, 0.29) is 38.2 Å². The van der Waals surface area contributed by atoms with Gasteiger partial charge in [-0.2, -0.15) is 0 Å². The maximum absolute atomic E-state index is 12.8. The fourth-order valence-corrected chi connectivity index (χ4v) is 8.89. The molecule has 0 aliphatic carbocycles. The monoisotopic (exact) mass is 979 g/mol. The molecule has 0 aliphatic heterocycles. The molecule has 0 saturated heterocycles. The van der Waals surface area contributed by atoms with Gasteiger partial charge in [0.15, 0.2) is 6.10 Å². The third kappa shape index (κ3) is 53.7. The number of esters is 2. The molecule has 9 heteroatoms. The standard InChI is InChI=1S/C60H115NO8/c1-6-8-10-12-14-16-17-18-19-20-21-22-23-24-25-26-27-28-29-30-31-32-33-34-35-36-37-38-39-40-41-43-45-47-49-51-58(63)69-56(55-68-60(59(64)65)66-53-52-61(3,4)5)54-67-57(62)50-48-46-44-42-15-13-11-9-7-2/h20-21,56,60H,6-19,22-55H2,1-5H3/p+1/b21-20-. The number of rotatable bonds is 56. The molecule has 9 nitrogen and oxygen atoms in total. The van der Waals surface area contributed by atoms with E-state index in [0.717, 1.165) is 38.5 Å². The summed E-state index contributed by atoms with van der Waals surface area (Å²) in [6.07, 6.45) is 57.7. The van der Waals surface area contributed by atoms with Crippen molar-refractivity contribution in [1.29, 1.82) is 0 Å². The molecule has 0 radical (unpaired) electrons. The second-order valence-electron chi connectivity index (χ2n) is 21.7. The van der Waals surface area contributed by atoms with Gasteiger partial charge in [0.1, 0.15) is 13.2 Å². The van der Waals surface area contributed by atoms with Gasteiger partial charge in [-0.1, -0.05) is 257 Å². The molecule has 0 aromatic heterocycles. The van der Waals surface area contributed by atoms with Gasteiger partial charge in [0.25, 0.3) is 6.29 Å². The molecule has 0 rings (SSSR count). The van der Waals surface area contributed by atoms with Crippen molar-refractivity contribution in [3.8, 4) is 0 Å². The van der Waals surface area contributed by atoms with Crippen LogP contribution >= 0.6 is 0 Å². The zero-order valence-electron chi connectivity index (χ0n) is 46.5. The van der Waals surface area contributed by atoms with Gasteiger partial charge >= 0.3 is 17.9 Å². The Hall–Kier alpha value is -1.97. The largest absolute Gasteiger partial charge is 0.477 e. The van der Waals surface area contributed by atoms with Crippen LogP contribution in [0.2, 0.25) is 0 Å². The number of hydrogen-bond acceptors (Lipinski definition) is 7. The lowest BCUT2D eigenvalue weighted by Gasteiger charge is -2.25. The van der Waals surface area contributed by atoms with Crippen molar-refractivity contribution >= 4 is 17.9 Å². The molecule has 0 aromatic rings. The zero-order valence-corrected chi connectivity index (χ0v) is 46.5. The fraction of sp³-hybridized carbons (Fsp3) is 0.917. The van der Waals surface area contributed by atoms with Crippen molar-refractivity contribution in [2.24, 2.45) is 0 Å². The van der Waals surface area contributed by atoms with Gasteiger partial charge in [0.05, 0.1) is 34.4 Å². The van der Waals surface area contributed by atoms with Crippen LogP contribution < -0.4 is 0 Å². The molecular weight excluding hydrogens is 863 g/mol. The molecule has 0 heterocycles. The Morgan fingerprint density at radius 1 is 0.420 bits per heavy atom. The highest BCUT2D eigenvalue weighted by atomic mass is 16.7. The molecule has 2 atom stereocenters. The predicted molar refractivity (Wildman–Crippen MR) is 291 cm³/mol. The first-order chi connectivity index (χ1) is 33.6. The predicted octanol–water partition coefficient (Wildman–Crippen LogP) is 17.4. The summed E-state index contributed by atoms with van der Waals surface area (Å²) in [6.45, 7) is 4.89. The number of hydrogen-bond donors (Lipinski definition) is 1. The molecule has 0 bridgehead atoms. The average Bonchev–Trinajstić information content (AvgIpc) is 3.31. The number of aliphatic carboxylic acids is 1. The number of carbonyl (C=O) groups excluding carboxylic acids is 2. The highest BCUT2D eigenvalue weighted by molar-refractivity contribution is 5.71. The Morgan fingerprint density at radius 2 is 0.739 bits per heavy atom. The lowest BCUT2D eigenvalue weighted by Crippen LogP contribution is -2.40. The highest BCUT2D eigenvalue weighted by Crippen LogP contribution is 2.18. The topological polar surface area (TPSA) is 108 Å². The van der Waals surface area contributed by atoms with Crippen LogP contribution in [-0.4, -0.2) is 87.4 Å². The normalized spacial score (nSPS) is 12.8. The summed E-state index contributed by atoms with van der Waals surface area (Å²) in [4.78, 5) is 37.2. The number of carboxylic acid groups (broad SMARTS) is 1. The number of carbonyl (C=O) groups is 3. The SMILES string of the molecule is CCCCCCCCCC/C=C\CCCCCCCCCCCCCCCCCCCCCCCCCC(=O)OC(COC(=O)CCCCCCCCCCC)COC(OCC[N+](C)(C)C)C(=O)O. The molecule has 0 saturated carbocycles. The summed E-state index contributed by atoms with van der Waals surface area (Å²) in [5.41, 5.74) is 0. The third-order valence-electron chi connectivity index (χ3n) is 13.5. The Labute approximate surface area is 427 Å². The second-order valence-corrected chi connectivity index (χ2v) is 21.7. The fourth-order valence-electron chi connectivity index (χ4n) is 8.89. The second kappa shape index (κ2) is 52.4. The van der Waals surface area contributed by atoms with Crippen molar-refractivity contribution in [2.45, 2.75) is 309 Å². The lowest BCUT2D eigenvalue weighted by atomic mass is 10.0. The number of unbranched alkanes of at least 4 members (excludes halogenated alkanes) is 39. The number of allylic oxidation sites excluding steroid dienone is 2. The summed E-state index contributed by atoms with van der Waals surface area (Å²) in [7, 11) is 5.97. The molecular formula is C60H116NO8+. The molecule has 0 fully saturated rings. The van der Waals surface area contributed by atoms with E-state index in [1.165, 1.54) is 231 Å². The van der Waals surface area contributed by atoms with Crippen LogP contribution in [0.15, 0.2) is 12.2 Å². The van der Waals surface area contributed by atoms with Gasteiger partial charge in [0, 0.05) is 12.8 Å². The van der Waals surface area contributed by atoms with Crippen molar-refractivity contribution in [3.05, 3.63) is 12.2 Å². The summed E-state index contributed by atoms with van der Waals surface area (Å²) >= 11 is 0. The molecule has 0 aromatic carbocycles. The zero-order chi connectivity index (χ0) is 50.6. The van der Waals surface area contributed by atoms with Gasteiger partial charge in [-0.15, -0.1) is 0 Å². The van der Waals surface area contributed by atoms with E-state index in [1.54, 1.807) is 0 Å². The maximum Gasteiger partial charge on any atom is 0.361 e. The Kier molecular flexibility index (Phi) is 50.9. The smallest absolute Gasteiger partial charge is 0.361 e. The van der Waals surface area contributed by atoms with E-state index in [0.29, 0.717) is 17.4 Å². The van der Waals surface area contributed by atoms with Gasteiger partial charge in [-0.3, -0.25) is 9.59 Å². The van der Waals surface area contributed by atoms with Crippen LogP contribution in [0.3, 0.4) is 0 Å². The number of carboxylic acids is 1. The van der Waals surface area contributed by atoms with Crippen molar-refractivity contribution in [3.63, 3.8) is 0 Å². The Balaban J connectivity index is 3.90. The molecule has 408 valence electrons. The average molecular weight is 980 g/mol. The first-order valence-electron chi connectivity index (χ1n) is 29.9. The van der Waals surface area contributed by atoms with E-state index in [9.17, 15) is 19.5 Å². The molecule has 1 N–H and O–H groups in total. The van der Waals surface area contributed by atoms with E-state index in [1.807, 2.05) is 21.1 Å². The summed E-state index contributed by atoms with van der Waals surface area (Å²) in [5.74, 6) is -1.99. The Bertz CT molecular complexity index is 1140. The maximum atomic E-state index is 12.8. The van der Waals surface area contributed by atoms with Crippen molar-refractivity contribution in [1.82, 2.24) is 0 Å². The summed E-state index contributed by atoms with van der Waals surface area (Å²) < 4.78 is 22.8. The molecule has 2 unspecified atom stereocenters. The lowest BCUT2D eigenvalue weighted by molar-refractivity contribution is -0.870. The number of ether oxygens (including phenoxy) is 4. The van der Waals surface area contributed by atoms with Crippen LogP contribution in [0.25, 0.3) is 0 Å². The van der Waals surface area contributed by atoms with E-state index in [4.69, 9.17) is 18.9 Å². The minimum atomic E-state index is -1.50. The highest BCUT2D eigenvalue weighted by Gasteiger charge is 2.25. The third-order valence-corrected chi connectivity index (χ3v) is 13.5. The molecule has 0 amide bonds. The summed E-state index contributed by atoms with van der Waals surface area (Å²) in [6, 6.07) is 0. The van der Waals surface area contributed by atoms with Crippen molar-refractivity contribution < 1.29 is 42.9 Å². The van der Waals surface area contributed by atoms with Crippen molar-refractivity contribution in [2.75, 3.05) is 47.5 Å². The van der Waals surface area contributed by atoms with Crippen LogP contribution in [0.4, 0.5) is 0 Å². The minimum absolute atomic E-state index is 0.175. The number of likely N-dealkylation sites (N-methyl/N-ethyl adjacent to an activating group) is 1. The van der Waals surface area contributed by atoms with Crippen LogP contribution in [0.1, 0.15) is 296 Å². The molecule has 0 spiro atoms. The minimum Gasteiger partial charge on any atom is -0.477 e. The van der Waals surface area contributed by atoms with E-state index >= 15 is 0 Å². The van der Waals surface area contributed by atoms with Gasteiger partial charge in [-0.25, -0.2) is 4.79 Å². The Morgan fingerprint density at radius 3 is 1.07 bits per heavy atom. The number of nitrogens with zero attached hydrogens (tertiary/aromatic N) is 1. The first kappa shape index (κ1) is 67.0. The van der Waals surface area contributed by atoms with E-state index < -0.39 is 18.4 Å². The van der Waals surface area contributed by atoms with Gasteiger partial charge in [0.2, 0.25) is 0 Å². The van der Waals surface area contributed by atoms with Crippen LogP contribution in [-0.2, 0) is 33.3 Å². The quantitative estimate of drug-likeness (QED) is 0.0211. The van der Waals surface area contributed by atoms with Gasteiger partial charge in [-0.05, 0) is 38.5 Å². The van der Waals surface area contributed by atoms with Crippen LogP contribution in [0, 0.1) is 0 Å². The molecule has 69 heavy (non-hydrogen) atoms. The van der Waals surface area contributed by atoms with Gasteiger partial charge < -0.3 is 28.5 Å². The first-order valence-corrected chi connectivity index (χ1v) is 29.9. The van der Waals surface area contributed by atoms with Crippen LogP contribution in [0.5, 0.6) is 0 Å².